The van der Waals surface area contributed by atoms with Crippen LogP contribution in [0.25, 0.3) is 0 Å². The Hall–Kier alpha value is -1.95. The van der Waals surface area contributed by atoms with Gasteiger partial charge in [0.15, 0.2) is 0 Å². The molecular formula is C16H24N4O2. The fraction of sp³-hybridized carbons (Fsp3) is 0.562. The molecule has 2 heterocycles. The summed E-state index contributed by atoms with van der Waals surface area (Å²) in [6.07, 6.45) is 4.83. The van der Waals surface area contributed by atoms with Gasteiger partial charge < -0.3 is 16.0 Å². The third kappa shape index (κ3) is 4.04. The minimum absolute atomic E-state index is 0.0253. The lowest BCUT2D eigenvalue weighted by atomic mass is 9.95. The minimum atomic E-state index is -0.422. The third-order valence-electron chi connectivity index (χ3n) is 3.98. The first-order valence-corrected chi connectivity index (χ1v) is 7.64. The first-order chi connectivity index (χ1) is 10.4. The fourth-order valence-electron chi connectivity index (χ4n) is 2.54. The Morgan fingerprint density at radius 2 is 2.09 bits per heavy atom. The second-order valence-corrected chi connectivity index (χ2v) is 6.40. The first-order valence-electron chi connectivity index (χ1n) is 7.64. The summed E-state index contributed by atoms with van der Waals surface area (Å²) >= 11 is 0. The van der Waals surface area contributed by atoms with Gasteiger partial charge in [0.25, 0.3) is 5.91 Å². The van der Waals surface area contributed by atoms with Gasteiger partial charge in [0.05, 0.1) is 5.92 Å². The summed E-state index contributed by atoms with van der Waals surface area (Å²) in [6.45, 7) is 5.31. The lowest BCUT2D eigenvalue weighted by molar-refractivity contribution is -0.127. The van der Waals surface area contributed by atoms with Crippen molar-refractivity contribution in [1.82, 2.24) is 15.2 Å². The third-order valence-corrected chi connectivity index (χ3v) is 3.98. The molecule has 0 radical (unpaired) electrons. The summed E-state index contributed by atoms with van der Waals surface area (Å²) in [4.78, 5) is 30.5. The van der Waals surface area contributed by atoms with Gasteiger partial charge >= 0.3 is 0 Å². The van der Waals surface area contributed by atoms with Crippen molar-refractivity contribution >= 4 is 11.8 Å². The first kappa shape index (κ1) is 16.4. The molecule has 1 aliphatic heterocycles. The molecule has 0 saturated carbocycles. The second kappa shape index (κ2) is 6.87. The molecule has 6 nitrogen and oxygen atoms in total. The lowest BCUT2D eigenvalue weighted by Gasteiger charge is -2.34. The molecule has 3 N–H and O–H groups in total. The number of piperidine rings is 1. The molecule has 1 aliphatic rings. The van der Waals surface area contributed by atoms with E-state index in [4.69, 9.17) is 5.73 Å². The van der Waals surface area contributed by atoms with Gasteiger partial charge in [-0.3, -0.25) is 14.6 Å². The summed E-state index contributed by atoms with van der Waals surface area (Å²) in [5, 5.41) is 2.96. The van der Waals surface area contributed by atoms with E-state index in [1.807, 2.05) is 13.8 Å². The number of hydrogen-bond acceptors (Lipinski definition) is 4. The topological polar surface area (TPSA) is 88.3 Å². The van der Waals surface area contributed by atoms with Crippen molar-refractivity contribution in [1.29, 1.82) is 0 Å². The fourth-order valence-corrected chi connectivity index (χ4v) is 2.54. The molecule has 1 atom stereocenters. The van der Waals surface area contributed by atoms with E-state index in [-0.39, 0.29) is 17.7 Å². The van der Waals surface area contributed by atoms with Crippen molar-refractivity contribution in [2.75, 3.05) is 19.6 Å². The van der Waals surface area contributed by atoms with Gasteiger partial charge in [-0.1, -0.05) is 0 Å². The molecule has 1 saturated heterocycles. The van der Waals surface area contributed by atoms with Gasteiger partial charge in [-0.25, -0.2) is 0 Å². The van der Waals surface area contributed by atoms with Crippen molar-refractivity contribution in [3.8, 4) is 0 Å². The molecule has 1 fully saturated rings. The van der Waals surface area contributed by atoms with Crippen LogP contribution in [0.2, 0.25) is 0 Å². The lowest BCUT2D eigenvalue weighted by Crippen LogP contribution is -2.53. The summed E-state index contributed by atoms with van der Waals surface area (Å²) < 4.78 is 0. The number of nitrogens with one attached hydrogen (secondary N) is 1. The van der Waals surface area contributed by atoms with E-state index in [9.17, 15) is 9.59 Å². The SMILES string of the molecule is CC(C)(CN)NC(=O)C1CCCN(C(=O)c2ccncc2)C1. The number of hydrogen-bond donors (Lipinski definition) is 2. The van der Waals surface area contributed by atoms with E-state index in [1.54, 1.807) is 29.4 Å². The average Bonchev–Trinajstić information content (AvgIpc) is 2.54. The molecule has 0 bridgehead atoms. The Bertz CT molecular complexity index is 530. The summed E-state index contributed by atoms with van der Waals surface area (Å²) in [5.74, 6) is -0.244. The van der Waals surface area contributed by atoms with Crippen molar-refractivity contribution in [2.45, 2.75) is 32.2 Å². The predicted molar refractivity (Wildman–Crippen MR) is 84.1 cm³/mol. The van der Waals surface area contributed by atoms with Crippen LogP contribution in [0.1, 0.15) is 37.0 Å². The molecule has 1 aromatic rings. The summed E-state index contributed by atoms with van der Waals surface area (Å²) in [7, 11) is 0. The zero-order valence-corrected chi connectivity index (χ0v) is 13.2. The maximum absolute atomic E-state index is 12.5. The number of likely N-dealkylation sites (tertiary alicyclic amines) is 1. The molecule has 0 aliphatic carbocycles. The van der Waals surface area contributed by atoms with Gasteiger partial charge in [0, 0.05) is 43.1 Å². The molecule has 2 rings (SSSR count). The van der Waals surface area contributed by atoms with Crippen LogP contribution in [-0.2, 0) is 4.79 Å². The number of nitrogens with zero attached hydrogens (tertiary/aromatic N) is 2. The van der Waals surface area contributed by atoms with Crippen LogP contribution in [0.4, 0.5) is 0 Å². The highest BCUT2D eigenvalue weighted by molar-refractivity contribution is 5.94. The number of carbonyl (C=O) groups is 2. The molecule has 6 heteroatoms. The van der Waals surface area contributed by atoms with E-state index in [0.29, 0.717) is 25.2 Å². The molecule has 2 amide bonds. The number of pyridine rings is 1. The number of aromatic nitrogens is 1. The highest BCUT2D eigenvalue weighted by atomic mass is 16.2. The Balaban J connectivity index is 2.00. The van der Waals surface area contributed by atoms with Crippen molar-refractivity contribution in [2.24, 2.45) is 11.7 Å². The smallest absolute Gasteiger partial charge is 0.253 e. The molecule has 0 aromatic carbocycles. The standard InChI is InChI=1S/C16H24N4O2/c1-16(2,11-17)19-14(21)13-4-3-9-20(10-13)15(22)12-5-7-18-8-6-12/h5-8,13H,3-4,9-11,17H2,1-2H3,(H,19,21). The van der Waals surface area contributed by atoms with Crippen LogP contribution in [0, 0.1) is 5.92 Å². The van der Waals surface area contributed by atoms with Crippen LogP contribution in [-0.4, -0.2) is 46.9 Å². The monoisotopic (exact) mass is 304 g/mol. The van der Waals surface area contributed by atoms with Gasteiger partial charge in [-0.15, -0.1) is 0 Å². The Morgan fingerprint density at radius 3 is 2.73 bits per heavy atom. The van der Waals surface area contributed by atoms with E-state index in [0.717, 1.165) is 12.8 Å². The van der Waals surface area contributed by atoms with E-state index in [2.05, 4.69) is 10.3 Å². The van der Waals surface area contributed by atoms with Crippen LogP contribution in [0.3, 0.4) is 0 Å². The average molecular weight is 304 g/mol. The number of amides is 2. The summed E-state index contributed by atoms with van der Waals surface area (Å²) in [6, 6.07) is 3.40. The maximum atomic E-state index is 12.5. The molecule has 120 valence electrons. The van der Waals surface area contributed by atoms with E-state index < -0.39 is 5.54 Å². The zero-order valence-electron chi connectivity index (χ0n) is 13.2. The normalized spacial score (nSPS) is 18.9. The van der Waals surface area contributed by atoms with E-state index >= 15 is 0 Å². The molecule has 1 unspecified atom stereocenters. The number of nitrogens with two attached hydrogens (primary N) is 1. The van der Waals surface area contributed by atoms with Crippen LogP contribution < -0.4 is 11.1 Å². The van der Waals surface area contributed by atoms with Crippen molar-refractivity contribution in [3.05, 3.63) is 30.1 Å². The Morgan fingerprint density at radius 1 is 1.41 bits per heavy atom. The van der Waals surface area contributed by atoms with Gasteiger partial charge in [0.2, 0.25) is 5.91 Å². The van der Waals surface area contributed by atoms with Gasteiger partial charge in [0.1, 0.15) is 0 Å². The van der Waals surface area contributed by atoms with Crippen LogP contribution in [0.15, 0.2) is 24.5 Å². The Labute approximate surface area is 131 Å². The van der Waals surface area contributed by atoms with Crippen LogP contribution >= 0.6 is 0 Å². The second-order valence-electron chi connectivity index (χ2n) is 6.40. The Kier molecular flexibility index (Phi) is 5.13. The van der Waals surface area contributed by atoms with Crippen molar-refractivity contribution in [3.63, 3.8) is 0 Å². The van der Waals surface area contributed by atoms with Crippen LogP contribution in [0.5, 0.6) is 0 Å². The molecular weight excluding hydrogens is 280 g/mol. The zero-order chi connectivity index (χ0) is 16.2. The van der Waals surface area contributed by atoms with Gasteiger partial charge in [-0.2, -0.15) is 0 Å². The predicted octanol–water partition coefficient (Wildman–Crippen LogP) is 0.787. The number of carbonyl (C=O) groups excluding carboxylic acids is 2. The largest absolute Gasteiger partial charge is 0.350 e. The molecule has 0 spiro atoms. The van der Waals surface area contributed by atoms with Gasteiger partial charge in [-0.05, 0) is 38.8 Å². The van der Waals surface area contributed by atoms with Crippen molar-refractivity contribution < 1.29 is 9.59 Å². The quantitative estimate of drug-likeness (QED) is 0.860. The highest BCUT2D eigenvalue weighted by Gasteiger charge is 2.31. The highest BCUT2D eigenvalue weighted by Crippen LogP contribution is 2.19. The minimum Gasteiger partial charge on any atom is -0.350 e. The summed E-state index contributed by atoms with van der Waals surface area (Å²) in [5.41, 5.74) is 5.84. The number of rotatable bonds is 4. The molecule has 1 aromatic heterocycles. The van der Waals surface area contributed by atoms with E-state index in [1.165, 1.54) is 0 Å². The maximum Gasteiger partial charge on any atom is 0.253 e. The molecule has 22 heavy (non-hydrogen) atoms.